The fourth-order valence-electron chi connectivity index (χ4n) is 2.76. The summed E-state index contributed by atoms with van der Waals surface area (Å²) < 4.78 is 41.3. The molecule has 0 spiro atoms. The number of nitrogens with zero attached hydrogens (tertiary/aromatic N) is 4. The summed E-state index contributed by atoms with van der Waals surface area (Å²) in [6.07, 6.45) is 4.17. The smallest absolute Gasteiger partial charge is 0.240 e. The molecule has 1 unspecified atom stereocenters. The van der Waals surface area contributed by atoms with Gasteiger partial charge in [-0.1, -0.05) is 11.3 Å². The van der Waals surface area contributed by atoms with Gasteiger partial charge in [-0.15, -0.1) is 5.10 Å². The van der Waals surface area contributed by atoms with Crippen LogP contribution < -0.4 is 4.72 Å². The predicted molar refractivity (Wildman–Crippen MR) is 86.5 cm³/mol. The zero-order chi connectivity index (χ0) is 17.9. The molecule has 1 amide bonds. The molecule has 3 rings (SSSR count). The summed E-state index contributed by atoms with van der Waals surface area (Å²) in [5.74, 6) is -0.764. The van der Waals surface area contributed by atoms with E-state index < -0.39 is 15.8 Å². The Morgan fingerprint density at radius 1 is 1.40 bits per heavy atom. The molecular weight excluding hydrogens is 349 g/mol. The third-order valence-corrected chi connectivity index (χ3v) is 5.53. The summed E-state index contributed by atoms with van der Waals surface area (Å²) in [4.78, 5) is 13.7. The number of hydrogen-bond donors (Lipinski definition) is 1. The fraction of sp³-hybridized carbons (Fsp3) is 0.400. The molecule has 2 aromatic rings. The molecule has 134 valence electrons. The van der Waals surface area contributed by atoms with Crippen molar-refractivity contribution < 1.29 is 17.6 Å². The first kappa shape index (κ1) is 17.5. The van der Waals surface area contributed by atoms with Crippen LogP contribution in [0.4, 0.5) is 4.39 Å². The molecule has 8 nitrogen and oxygen atoms in total. The van der Waals surface area contributed by atoms with Crippen molar-refractivity contribution in [3.8, 4) is 0 Å². The van der Waals surface area contributed by atoms with Crippen LogP contribution in [0.5, 0.6) is 0 Å². The van der Waals surface area contributed by atoms with E-state index in [1.807, 2.05) is 0 Å². The molecule has 10 heteroatoms. The molecule has 1 aliphatic heterocycles. The van der Waals surface area contributed by atoms with Crippen LogP contribution >= 0.6 is 0 Å². The SMILES string of the molecule is O=C(CCNS(=O)(=O)c1cccc(F)c1)N1CCC(n2ccnn2)C1. The number of benzene rings is 1. The lowest BCUT2D eigenvalue weighted by molar-refractivity contribution is -0.130. The lowest BCUT2D eigenvalue weighted by atomic mass is 10.3. The van der Waals surface area contributed by atoms with Crippen molar-refractivity contribution in [1.29, 1.82) is 0 Å². The number of sulfonamides is 1. The summed E-state index contributed by atoms with van der Waals surface area (Å²) in [5, 5.41) is 7.69. The molecule has 1 aromatic carbocycles. The van der Waals surface area contributed by atoms with Crippen LogP contribution in [0.15, 0.2) is 41.6 Å². The number of carbonyl (C=O) groups excluding carboxylic acids is 1. The van der Waals surface area contributed by atoms with Gasteiger partial charge in [-0.2, -0.15) is 0 Å². The first-order chi connectivity index (χ1) is 12.0. The van der Waals surface area contributed by atoms with Crippen LogP contribution in [-0.2, 0) is 14.8 Å². The monoisotopic (exact) mass is 367 g/mol. The Hall–Kier alpha value is -2.33. The molecule has 1 saturated heterocycles. The summed E-state index contributed by atoms with van der Waals surface area (Å²) in [5.41, 5.74) is 0. The summed E-state index contributed by atoms with van der Waals surface area (Å²) in [7, 11) is -3.83. The maximum Gasteiger partial charge on any atom is 0.240 e. The Kier molecular flexibility index (Phi) is 5.09. The van der Waals surface area contributed by atoms with Crippen molar-refractivity contribution in [3.05, 3.63) is 42.5 Å². The second-order valence-corrected chi connectivity index (χ2v) is 7.54. The summed E-state index contributed by atoms with van der Waals surface area (Å²) >= 11 is 0. The summed E-state index contributed by atoms with van der Waals surface area (Å²) in [6, 6.07) is 4.82. The molecule has 0 radical (unpaired) electrons. The van der Waals surface area contributed by atoms with Gasteiger partial charge in [-0.3, -0.25) is 4.79 Å². The first-order valence-corrected chi connectivity index (χ1v) is 9.33. The van der Waals surface area contributed by atoms with Gasteiger partial charge in [0.15, 0.2) is 0 Å². The number of halogens is 1. The van der Waals surface area contributed by atoms with Crippen molar-refractivity contribution in [2.45, 2.75) is 23.8 Å². The van der Waals surface area contributed by atoms with Gasteiger partial charge < -0.3 is 4.90 Å². The van der Waals surface area contributed by atoms with Crippen molar-refractivity contribution >= 4 is 15.9 Å². The largest absolute Gasteiger partial charge is 0.340 e. The molecular formula is C15H18FN5O3S. The van der Waals surface area contributed by atoms with Crippen LogP contribution in [0.2, 0.25) is 0 Å². The van der Waals surface area contributed by atoms with E-state index in [0.717, 1.165) is 12.5 Å². The van der Waals surface area contributed by atoms with Crippen LogP contribution in [0.1, 0.15) is 18.9 Å². The van der Waals surface area contributed by atoms with Gasteiger partial charge >= 0.3 is 0 Å². The highest BCUT2D eigenvalue weighted by Gasteiger charge is 2.27. The van der Waals surface area contributed by atoms with Crippen LogP contribution in [-0.4, -0.2) is 53.9 Å². The highest BCUT2D eigenvalue weighted by atomic mass is 32.2. The third-order valence-electron chi connectivity index (χ3n) is 4.07. The second-order valence-electron chi connectivity index (χ2n) is 5.77. The van der Waals surface area contributed by atoms with E-state index in [1.54, 1.807) is 22.0 Å². The zero-order valence-corrected chi connectivity index (χ0v) is 14.2. The minimum Gasteiger partial charge on any atom is -0.340 e. The van der Waals surface area contributed by atoms with Crippen LogP contribution in [0.25, 0.3) is 0 Å². The maximum absolute atomic E-state index is 13.1. The molecule has 1 N–H and O–H groups in total. The van der Waals surface area contributed by atoms with Crippen molar-refractivity contribution in [3.63, 3.8) is 0 Å². The zero-order valence-electron chi connectivity index (χ0n) is 13.4. The Balaban J connectivity index is 1.50. The molecule has 0 saturated carbocycles. The lowest BCUT2D eigenvalue weighted by Crippen LogP contribution is -2.33. The second kappa shape index (κ2) is 7.28. The van der Waals surface area contributed by atoms with Crippen molar-refractivity contribution in [1.82, 2.24) is 24.6 Å². The van der Waals surface area contributed by atoms with Gasteiger partial charge in [-0.25, -0.2) is 22.2 Å². The molecule has 1 atom stereocenters. The minimum absolute atomic E-state index is 0.0395. The number of rotatable bonds is 6. The molecule has 0 aliphatic carbocycles. The van der Waals surface area contributed by atoms with Crippen molar-refractivity contribution in [2.75, 3.05) is 19.6 Å². The Morgan fingerprint density at radius 2 is 2.24 bits per heavy atom. The van der Waals surface area contributed by atoms with Gasteiger partial charge in [0.2, 0.25) is 15.9 Å². The highest BCUT2D eigenvalue weighted by molar-refractivity contribution is 7.89. The van der Waals surface area contributed by atoms with Gasteiger partial charge in [0.25, 0.3) is 0 Å². The molecule has 2 heterocycles. The van der Waals surface area contributed by atoms with Gasteiger partial charge in [0, 0.05) is 32.3 Å². The Labute approximate surface area is 144 Å². The normalized spacial score (nSPS) is 17.8. The van der Waals surface area contributed by atoms with Gasteiger partial charge in [-0.05, 0) is 24.6 Å². The molecule has 0 bridgehead atoms. The van der Waals surface area contributed by atoms with E-state index in [9.17, 15) is 17.6 Å². The number of aromatic nitrogens is 3. The number of hydrogen-bond acceptors (Lipinski definition) is 5. The molecule has 1 aliphatic rings. The maximum atomic E-state index is 13.1. The number of amides is 1. The van der Waals surface area contributed by atoms with E-state index in [1.165, 1.54) is 18.2 Å². The average molecular weight is 367 g/mol. The van der Waals surface area contributed by atoms with Crippen LogP contribution in [0.3, 0.4) is 0 Å². The van der Waals surface area contributed by atoms with Gasteiger partial charge in [0.05, 0.1) is 17.1 Å². The van der Waals surface area contributed by atoms with E-state index >= 15 is 0 Å². The van der Waals surface area contributed by atoms with Crippen molar-refractivity contribution in [2.24, 2.45) is 0 Å². The average Bonchev–Trinajstić information content (AvgIpc) is 3.26. The Morgan fingerprint density at radius 3 is 2.96 bits per heavy atom. The number of likely N-dealkylation sites (tertiary alicyclic amines) is 1. The summed E-state index contributed by atoms with van der Waals surface area (Å²) in [6.45, 7) is 1.08. The lowest BCUT2D eigenvalue weighted by Gasteiger charge is -2.16. The fourth-order valence-corrected chi connectivity index (χ4v) is 3.83. The van der Waals surface area contributed by atoms with Crippen LogP contribution in [0, 0.1) is 5.82 Å². The van der Waals surface area contributed by atoms with Gasteiger partial charge in [0.1, 0.15) is 5.82 Å². The third kappa shape index (κ3) is 4.20. The highest BCUT2D eigenvalue weighted by Crippen LogP contribution is 2.20. The minimum atomic E-state index is -3.83. The standard InChI is InChI=1S/C15H18FN5O3S/c16-12-2-1-3-14(10-12)25(23,24)18-6-4-15(22)20-8-5-13(11-20)21-9-7-17-19-21/h1-3,7,9-10,13,18H,4-6,8,11H2. The van der Waals surface area contributed by atoms with E-state index in [2.05, 4.69) is 15.0 Å². The topological polar surface area (TPSA) is 97.2 Å². The first-order valence-electron chi connectivity index (χ1n) is 7.84. The quantitative estimate of drug-likeness (QED) is 0.805. The molecule has 25 heavy (non-hydrogen) atoms. The molecule has 1 aromatic heterocycles. The van der Waals surface area contributed by atoms with E-state index in [4.69, 9.17) is 0 Å². The Bertz CT molecular complexity index is 841. The predicted octanol–water partition coefficient (Wildman–Crippen LogP) is 0.559. The van der Waals surface area contributed by atoms with E-state index in [-0.39, 0.29) is 29.8 Å². The van der Waals surface area contributed by atoms with E-state index in [0.29, 0.717) is 13.1 Å². The number of carbonyl (C=O) groups is 1. The number of nitrogens with one attached hydrogen (secondary N) is 1. The molecule has 1 fully saturated rings.